The maximum absolute atomic E-state index is 14.6. The third kappa shape index (κ3) is 7.29. The summed E-state index contributed by atoms with van der Waals surface area (Å²) in [5.74, 6) is 0.771. The minimum atomic E-state index is -1.06. The van der Waals surface area contributed by atoms with Gasteiger partial charge < -0.3 is 24.2 Å². The lowest BCUT2D eigenvalue weighted by Gasteiger charge is -2.36. The normalized spacial score (nSPS) is 18.2. The number of aromatic carboxylic acids is 1. The van der Waals surface area contributed by atoms with E-state index >= 15 is 0 Å². The Morgan fingerprint density at radius 3 is 2.53 bits per heavy atom. The molecule has 1 N–H and O–H groups in total. The number of hydrogen-bond acceptors (Lipinski definition) is 7. The minimum absolute atomic E-state index is 0.00879. The fourth-order valence-corrected chi connectivity index (χ4v) is 5.55. The molecule has 228 valence electrons. The van der Waals surface area contributed by atoms with Gasteiger partial charge in [0.25, 0.3) is 0 Å². The Morgan fingerprint density at radius 2 is 1.88 bits per heavy atom. The largest absolute Gasteiger partial charge is 0.485 e. The van der Waals surface area contributed by atoms with E-state index in [4.69, 9.17) is 25.8 Å². The van der Waals surface area contributed by atoms with Crippen LogP contribution in [0.3, 0.4) is 0 Å². The molecule has 1 aromatic heterocycles. The van der Waals surface area contributed by atoms with Gasteiger partial charge >= 0.3 is 5.97 Å². The molecule has 0 aliphatic carbocycles. The number of hydrogen-bond donors (Lipinski definition) is 1. The Balaban J connectivity index is 0.000000850. The summed E-state index contributed by atoms with van der Waals surface area (Å²) in [6.07, 6.45) is 2.57. The topological polar surface area (TPSA) is 84.4 Å². The van der Waals surface area contributed by atoms with E-state index in [1.807, 2.05) is 31.0 Å². The van der Waals surface area contributed by atoms with Crippen LogP contribution in [0.1, 0.15) is 58.5 Å². The van der Waals surface area contributed by atoms with Crippen molar-refractivity contribution in [3.05, 3.63) is 94.0 Å². The second kappa shape index (κ2) is 13.8. The zero-order chi connectivity index (χ0) is 30.5. The number of carboxylic acids is 1. The lowest BCUT2D eigenvalue weighted by Crippen LogP contribution is -2.37. The number of carboxylic acid groups (broad SMARTS) is 1. The Kier molecular flexibility index (Phi) is 9.85. The first-order valence-electron chi connectivity index (χ1n) is 14.5. The number of aryl methyl sites for hydroxylation is 1. The molecule has 0 saturated carbocycles. The van der Waals surface area contributed by atoms with Crippen LogP contribution in [-0.4, -0.2) is 67.5 Å². The van der Waals surface area contributed by atoms with Crippen molar-refractivity contribution >= 4 is 23.4 Å². The van der Waals surface area contributed by atoms with Crippen molar-refractivity contribution in [2.45, 2.75) is 38.2 Å². The highest BCUT2D eigenvalue weighted by Gasteiger charge is 2.31. The van der Waals surface area contributed by atoms with Crippen LogP contribution in [0.4, 0.5) is 10.2 Å². The number of aromatic nitrogens is 1. The van der Waals surface area contributed by atoms with Crippen molar-refractivity contribution in [2.75, 3.05) is 51.4 Å². The van der Waals surface area contributed by atoms with Gasteiger partial charge in [-0.1, -0.05) is 42.4 Å². The van der Waals surface area contributed by atoms with Gasteiger partial charge in [0.15, 0.2) is 23.3 Å². The Hall–Kier alpha value is -3.66. The average molecular weight is 610 g/mol. The van der Waals surface area contributed by atoms with E-state index < -0.39 is 17.9 Å². The van der Waals surface area contributed by atoms with Gasteiger partial charge in [-0.2, -0.15) is 0 Å². The number of likely N-dealkylation sites (tertiary alicyclic amines) is 1. The lowest BCUT2D eigenvalue weighted by molar-refractivity contribution is 0.0367. The highest BCUT2D eigenvalue weighted by Crippen LogP contribution is 2.45. The third-order valence-electron chi connectivity index (χ3n) is 8.06. The number of ether oxygens (including phenoxy) is 3. The van der Waals surface area contributed by atoms with Gasteiger partial charge in [0.05, 0.1) is 0 Å². The van der Waals surface area contributed by atoms with E-state index in [1.54, 1.807) is 18.2 Å². The quantitative estimate of drug-likeness (QED) is 0.320. The number of para-hydroxylation sites is 1. The van der Waals surface area contributed by atoms with Gasteiger partial charge in [-0.05, 0) is 75.0 Å². The first-order valence-corrected chi connectivity index (χ1v) is 14.9. The first-order chi connectivity index (χ1) is 20.7. The maximum atomic E-state index is 14.6. The molecule has 10 heteroatoms. The summed E-state index contributed by atoms with van der Waals surface area (Å²) in [6.45, 7) is 10.7. The highest BCUT2D eigenvalue weighted by atomic mass is 35.5. The molecule has 3 aromatic rings. The van der Waals surface area contributed by atoms with Gasteiger partial charge in [0.1, 0.15) is 18.2 Å². The van der Waals surface area contributed by atoms with E-state index in [-0.39, 0.29) is 18.2 Å². The number of anilines is 1. The van der Waals surface area contributed by atoms with Crippen molar-refractivity contribution in [2.24, 2.45) is 0 Å². The number of pyridine rings is 1. The number of benzene rings is 2. The zero-order valence-electron chi connectivity index (χ0n) is 24.5. The second-order valence-corrected chi connectivity index (χ2v) is 11.5. The van der Waals surface area contributed by atoms with Crippen LogP contribution in [0.15, 0.2) is 60.8 Å². The maximum Gasteiger partial charge on any atom is 0.354 e. The molecule has 0 spiro atoms. The Labute approximate surface area is 256 Å². The van der Waals surface area contributed by atoms with Crippen molar-refractivity contribution in [1.29, 1.82) is 0 Å². The van der Waals surface area contributed by atoms with Crippen LogP contribution in [0.25, 0.3) is 0 Å². The van der Waals surface area contributed by atoms with E-state index in [9.17, 15) is 14.3 Å². The molecule has 0 bridgehead atoms. The number of fused-ring (bicyclic) bond motifs is 1. The standard InChI is InChI=1S/C30H31ClFN3O4.C3H6O/c1-18-7-10-25(30(36)37)33-29(18)34(3)19(2)16-35-13-11-20(12-14-35)22-5-4-6-26-28(22)39-27(17-38-26)23-9-8-21(31)15-24(23)32;1-2-4-3-1/h4-10,15,20,27H,2,11-14,16-17H2,1,3H3,(H,36,37);1-3H2. The highest BCUT2D eigenvalue weighted by molar-refractivity contribution is 6.30. The van der Waals surface area contributed by atoms with Crippen molar-refractivity contribution in [1.82, 2.24) is 9.88 Å². The van der Waals surface area contributed by atoms with Crippen LogP contribution < -0.4 is 14.4 Å². The van der Waals surface area contributed by atoms with Crippen LogP contribution in [0.5, 0.6) is 11.5 Å². The molecule has 6 rings (SSSR count). The van der Waals surface area contributed by atoms with Gasteiger partial charge in [-0.15, -0.1) is 0 Å². The molecule has 2 fully saturated rings. The summed E-state index contributed by atoms with van der Waals surface area (Å²) in [6, 6.07) is 13.8. The van der Waals surface area contributed by atoms with Gasteiger partial charge in [0, 0.05) is 48.7 Å². The van der Waals surface area contributed by atoms with E-state index in [0.717, 1.165) is 56.0 Å². The molecule has 4 heterocycles. The molecule has 0 radical (unpaired) electrons. The van der Waals surface area contributed by atoms with Crippen molar-refractivity contribution in [3.8, 4) is 11.5 Å². The summed E-state index contributed by atoms with van der Waals surface area (Å²) in [4.78, 5) is 19.9. The fourth-order valence-electron chi connectivity index (χ4n) is 5.39. The molecule has 8 nitrogen and oxygen atoms in total. The molecule has 2 aromatic carbocycles. The molecule has 2 saturated heterocycles. The van der Waals surface area contributed by atoms with Crippen LogP contribution in [0.2, 0.25) is 5.02 Å². The molecule has 1 atom stereocenters. The number of halogens is 2. The predicted octanol–water partition coefficient (Wildman–Crippen LogP) is 6.63. The summed E-state index contributed by atoms with van der Waals surface area (Å²) in [7, 11) is 1.86. The van der Waals surface area contributed by atoms with Crippen LogP contribution in [0, 0.1) is 12.7 Å². The van der Waals surface area contributed by atoms with Crippen LogP contribution in [-0.2, 0) is 4.74 Å². The van der Waals surface area contributed by atoms with Gasteiger partial charge in [-0.3, -0.25) is 4.90 Å². The zero-order valence-corrected chi connectivity index (χ0v) is 25.3. The SMILES string of the molecule is C1COC1.C=C(CN1CCC(c2cccc3c2OC(c2ccc(Cl)cc2F)CO3)CC1)N(C)c1nc(C(=O)O)ccc1C. The number of nitrogens with zero attached hydrogens (tertiary/aromatic N) is 3. The molecule has 0 amide bonds. The first kappa shape index (κ1) is 30.8. The van der Waals surface area contributed by atoms with Crippen LogP contribution >= 0.6 is 11.6 Å². The minimum Gasteiger partial charge on any atom is -0.485 e. The second-order valence-electron chi connectivity index (χ2n) is 11.0. The smallest absolute Gasteiger partial charge is 0.354 e. The Morgan fingerprint density at radius 1 is 1.16 bits per heavy atom. The average Bonchev–Trinajstić information content (AvgIpc) is 2.96. The monoisotopic (exact) mass is 609 g/mol. The van der Waals surface area contributed by atoms with E-state index in [2.05, 4.69) is 22.5 Å². The van der Waals surface area contributed by atoms with Gasteiger partial charge in [-0.25, -0.2) is 14.2 Å². The van der Waals surface area contributed by atoms with E-state index in [0.29, 0.717) is 34.4 Å². The summed E-state index contributed by atoms with van der Waals surface area (Å²) < 4.78 is 31.6. The molecule has 1 unspecified atom stereocenters. The molecular weight excluding hydrogens is 573 g/mol. The molecule has 3 aliphatic rings. The van der Waals surface area contributed by atoms with Crippen molar-refractivity contribution < 1.29 is 28.5 Å². The van der Waals surface area contributed by atoms with Crippen molar-refractivity contribution in [3.63, 3.8) is 0 Å². The molecular formula is C33H37ClFN3O5. The number of rotatable bonds is 7. The van der Waals surface area contributed by atoms with E-state index in [1.165, 1.54) is 18.6 Å². The number of likely N-dealkylation sites (N-methyl/N-ethyl adjacent to an activating group) is 1. The summed E-state index contributed by atoms with van der Waals surface area (Å²) in [5.41, 5.74) is 3.24. The predicted molar refractivity (Wildman–Crippen MR) is 164 cm³/mol. The molecule has 43 heavy (non-hydrogen) atoms. The lowest BCUT2D eigenvalue weighted by atomic mass is 9.88. The third-order valence-corrected chi connectivity index (χ3v) is 8.30. The summed E-state index contributed by atoms with van der Waals surface area (Å²) in [5, 5.41) is 9.66. The number of carbonyl (C=O) groups is 1. The van der Waals surface area contributed by atoms with Gasteiger partial charge in [0.2, 0.25) is 0 Å². The fraction of sp³-hybridized carbons (Fsp3) is 0.394. The molecule has 3 aliphatic heterocycles. The summed E-state index contributed by atoms with van der Waals surface area (Å²) >= 11 is 5.93. The Bertz CT molecular complexity index is 1470. The number of piperidine rings is 1.